The van der Waals surface area contributed by atoms with Gasteiger partial charge in [-0.1, -0.05) is 25.4 Å². The molecule has 21 heavy (non-hydrogen) atoms. The lowest BCUT2D eigenvalue weighted by Gasteiger charge is -2.38. The van der Waals surface area contributed by atoms with Gasteiger partial charge in [0, 0.05) is 5.75 Å². The van der Waals surface area contributed by atoms with Gasteiger partial charge in [-0.2, -0.15) is 11.8 Å². The Hall–Kier alpha value is -1.17. The Bertz CT molecular complexity index is 466. The van der Waals surface area contributed by atoms with Crippen LogP contribution in [0.15, 0.2) is 16.5 Å². The van der Waals surface area contributed by atoms with Crippen molar-refractivity contribution < 1.29 is 19.5 Å². The highest BCUT2D eigenvalue weighted by Gasteiger charge is 2.50. The van der Waals surface area contributed by atoms with Crippen molar-refractivity contribution in [3.8, 4) is 0 Å². The summed E-state index contributed by atoms with van der Waals surface area (Å²) in [6.07, 6.45) is 2.17. The summed E-state index contributed by atoms with van der Waals surface area (Å²) >= 11 is 1.76. The van der Waals surface area contributed by atoms with Crippen molar-refractivity contribution in [2.75, 3.05) is 18.1 Å². The van der Waals surface area contributed by atoms with E-state index < -0.39 is 11.6 Å². The molecule has 2 unspecified atom stereocenters. The maximum Gasteiger partial charge on any atom is 0.344 e. The van der Waals surface area contributed by atoms with E-state index in [9.17, 15) is 9.90 Å². The highest BCUT2D eigenvalue weighted by atomic mass is 32.2. The van der Waals surface area contributed by atoms with Crippen LogP contribution in [0.3, 0.4) is 0 Å². The van der Waals surface area contributed by atoms with Crippen molar-refractivity contribution in [3.63, 3.8) is 0 Å². The number of oxime groups is 1. The fourth-order valence-corrected chi connectivity index (χ4v) is 4.17. The van der Waals surface area contributed by atoms with E-state index in [4.69, 9.17) is 9.57 Å². The highest BCUT2D eigenvalue weighted by molar-refractivity contribution is 7.99. The van der Waals surface area contributed by atoms with Gasteiger partial charge in [0.05, 0.1) is 11.6 Å². The number of rotatable bonds is 5. The number of hydrogen-bond donors (Lipinski definition) is 1. The van der Waals surface area contributed by atoms with Gasteiger partial charge in [0.2, 0.25) is 0 Å². The number of ether oxygens (including phenoxy) is 1. The first-order valence-corrected chi connectivity index (χ1v) is 8.64. The van der Waals surface area contributed by atoms with Gasteiger partial charge in [-0.05, 0) is 25.5 Å². The molecule has 1 N–H and O–H groups in total. The second-order valence-corrected chi connectivity index (χ2v) is 6.55. The quantitative estimate of drug-likeness (QED) is 0.480. The van der Waals surface area contributed by atoms with Crippen LogP contribution in [0.2, 0.25) is 0 Å². The van der Waals surface area contributed by atoms with Crippen LogP contribution in [0.5, 0.6) is 0 Å². The van der Waals surface area contributed by atoms with Crippen LogP contribution in [0.25, 0.3) is 0 Å². The van der Waals surface area contributed by atoms with Crippen molar-refractivity contribution in [2.45, 2.75) is 45.6 Å². The van der Waals surface area contributed by atoms with Gasteiger partial charge in [-0.3, -0.25) is 0 Å². The highest BCUT2D eigenvalue weighted by Crippen LogP contribution is 2.44. The van der Waals surface area contributed by atoms with E-state index in [-0.39, 0.29) is 17.3 Å². The minimum atomic E-state index is -0.557. The molecule has 0 aromatic heterocycles. The molecule has 0 bridgehead atoms. The average Bonchev–Trinajstić information content (AvgIpc) is 2.92. The van der Waals surface area contributed by atoms with E-state index >= 15 is 0 Å². The number of carbonyl (C=O) groups is 1. The number of aliphatic hydroxyl groups is 1. The molecule has 2 rings (SSSR count). The number of carbonyl (C=O) groups excluding carboxylic acids is 1. The molecule has 0 aromatic carbocycles. The third-order valence-corrected chi connectivity index (χ3v) is 5.24. The van der Waals surface area contributed by atoms with Gasteiger partial charge in [0.1, 0.15) is 23.5 Å². The van der Waals surface area contributed by atoms with Crippen molar-refractivity contribution >= 4 is 23.4 Å². The Morgan fingerprint density at radius 3 is 2.90 bits per heavy atom. The van der Waals surface area contributed by atoms with Gasteiger partial charge < -0.3 is 14.7 Å². The Morgan fingerprint density at radius 2 is 2.33 bits per heavy atom. The summed E-state index contributed by atoms with van der Waals surface area (Å²) in [4.78, 5) is 17.5. The molecule has 5 nitrogen and oxygen atoms in total. The van der Waals surface area contributed by atoms with Crippen molar-refractivity contribution in [1.82, 2.24) is 0 Å². The van der Waals surface area contributed by atoms with E-state index in [0.717, 1.165) is 24.3 Å². The SMILES string of the molecule is CCC/C(=N\OCC)C1=C(O)C(C)C2(CCSC2)OC1=O. The molecule has 0 saturated carbocycles. The summed E-state index contributed by atoms with van der Waals surface area (Å²) in [7, 11) is 0. The molecule has 2 atom stereocenters. The zero-order valence-electron chi connectivity index (χ0n) is 12.8. The summed E-state index contributed by atoms with van der Waals surface area (Å²) in [5.41, 5.74) is 0.118. The monoisotopic (exact) mass is 313 g/mol. The molecule has 0 radical (unpaired) electrons. The van der Waals surface area contributed by atoms with Crippen LogP contribution < -0.4 is 0 Å². The molecule has 2 heterocycles. The lowest BCUT2D eigenvalue weighted by molar-refractivity contribution is -0.160. The van der Waals surface area contributed by atoms with Crippen LogP contribution in [0, 0.1) is 5.92 Å². The zero-order chi connectivity index (χ0) is 15.5. The molecule has 2 aliphatic rings. The van der Waals surface area contributed by atoms with Crippen LogP contribution in [-0.4, -0.2) is 40.5 Å². The number of hydrogen-bond acceptors (Lipinski definition) is 6. The Balaban J connectivity index is 2.36. The molecule has 0 amide bonds. The fourth-order valence-electron chi connectivity index (χ4n) is 2.74. The molecule has 2 aliphatic heterocycles. The van der Waals surface area contributed by atoms with Crippen LogP contribution in [0.4, 0.5) is 0 Å². The first kappa shape index (κ1) is 16.2. The van der Waals surface area contributed by atoms with E-state index in [1.165, 1.54) is 0 Å². The number of esters is 1. The molecule has 0 aromatic rings. The second kappa shape index (κ2) is 6.73. The molecular weight excluding hydrogens is 290 g/mol. The third-order valence-electron chi connectivity index (χ3n) is 4.05. The maximum absolute atomic E-state index is 12.4. The molecule has 1 fully saturated rings. The lowest BCUT2D eigenvalue weighted by atomic mass is 9.81. The summed E-state index contributed by atoms with van der Waals surface area (Å²) in [5.74, 6) is 1.11. The molecule has 0 aliphatic carbocycles. The molecule has 6 heteroatoms. The van der Waals surface area contributed by atoms with E-state index in [1.54, 1.807) is 11.8 Å². The lowest BCUT2D eigenvalue weighted by Crippen LogP contribution is -2.47. The average molecular weight is 313 g/mol. The number of aliphatic hydroxyl groups excluding tert-OH is 1. The minimum Gasteiger partial charge on any atom is -0.511 e. The second-order valence-electron chi connectivity index (χ2n) is 5.44. The molecular formula is C15H23NO4S. The van der Waals surface area contributed by atoms with Crippen LogP contribution in [-0.2, 0) is 14.4 Å². The van der Waals surface area contributed by atoms with E-state index in [2.05, 4.69) is 5.16 Å². The maximum atomic E-state index is 12.4. The first-order chi connectivity index (χ1) is 10.1. The van der Waals surface area contributed by atoms with Crippen molar-refractivity contribution in [2.24, 2.45) is 11.1 Å². The van der Waals surface area contributed by atoms with E-state index in [1.807, 2.05) is 20.8 Å². The topological polar surface area (TPSA) is 68.1 Å². The third kappa shape index (κ3) is 3.05. The van der Waals surface area contributed by atoms with Gasteiger partial charge >= 0.3 is 5.97 Å². The first-order valence-electron chi connectivity index (χ1n) is 7.49. The van der Waals surface area contributed by atoms with Gasteiger partial charge in [0.15, 0.2) is 0 Å². The number of nitrogens with zero attached hydrogens (tertiary/aromatic N) is 1. The minimum absolute atomic E-state index is 0.0978. The summed E-state index contributed by atoms with van der Waals surface area (Å²) in [5, 5.41) is 14.6. The summed E-state index contributed by atoms with van der Waals surface area (Å²) < 4.78 is 5.72. The molecule has 1 spiro atoms. The predicted octanol–water partition coefficient (Wildman–Crippen LogP) is 3.06. The largest absolute Gasteiger partial charge is 0.511 e. The normalized spacial score (nSPS) is 30.0. The molecule has 118 valence electrons. The van der Waals surface area contributed by atoms with Gasteiger partial charge in [-0.25, -0.2) is 4.79 Å². The zero-order valence-corrected chi connectivity index (χ0v) is 13.7. The summed E-state index contributed by atoms with van der Waals surface area (Å²) in [6, 6.07) is 0. The predicted molar refractivity (Wildman–Crippen MR) is 83.6 cm³/mol. The Kier molecular flexibility index (Phi) is 5.19. The van der Waals surface area contributed by atoms with Gasteiger partial charge in [0.25, 0.3) is 0 Å². The fraction of sp³-hybridized carbons (Fsp3) is 0.733. The standard InChI is InChI=1S/C15H23NO4S/c1-4-6-11(16-19-5-2)12-13(17)10(3)15(20-14(12)18)7-8-21-9-15/h10,17H,4-9H2,1-3H3/b16-11+. The Morgan fingerprint density at radius 1 is 1.57 bits per heavy atom. The van der Waals surface area contributed by atoms with E-state index in [0.29, 0.717) is 18.7 Å². The summed E-state index contributed by atoms with van der Waals surface area (Å²) in [6.45, 7) is 6.16. The van der Waals surface area contributed by atoms with Gasteiger partial charge in [-0.15, -0.1) is 0 Å². The molecule has 1 saturated heterocycles. The smallest absolute Gasteiger partial charge is 0.344 e. The van der Waals surface area contributed by atoms with Crippen LogP contribution in [0.1, 0.15) is 40.0 Å². The van der Waals surface area contributed by atoms with Crippen molar-refractivity contribution in [3.05, 3.63) is 11.3 Å². The van der Waals surface area contributed by atoms with Crippen molar-refractivity contribution in [1.29, 1.82) is 0 Å². The van der Waals surface area contributed by atoms with Crippen LogP contribution >= 0.6 is 11.8 Å². The Labute approximate surface area is 129 Å². The number of thioether (sulfide) groups is 1.